The van der Waals surface area contributed by atoms with Crippen molar-refractivity contribution in [2.75, 3.05) is 0 Å². The second-order valence-corrected chi connectivity index (χ2v) is 7.83. The van der Waals surface area contributed by atoms with Gasteiger partial charge in [-0.2, -0.15) is 0 Å². The summed E-state index contributed by atoms with van der Waals surface area (Å²) in [6, 6.07) is 20.4. The predicted molar refractivity (Wildman–Crippen MR) is 105 cm³/mol. The number of hydrogen-bond donors (Lipinski definition) is 1. The Morgan fingerprint density at radius 3 is 2.17 bits per heavy atom. The van der Waals surface area contributed by atoms with Gasteiger partial charge in [0.05, 0.1) is 5.92 Å². The number of hydrogen-bond acceptors (Lipinski definition) is 4. The van der Waals surface area contributed by atoms with E-state index in [2.05, 4.69) is 4.67 Å². The molecule has 1 N–H and O–H groups in total. The van der Waals surface area contributed by atoms with Crippen molar-refractivity contribution in [1.29, 1.82) is 0 Å². The Morgan fingerprint density at radius 2 is 1.60 bits per heavy atom. The van der Waals surface area contributed by atoms with Gasteiger partial charge in [0.25, 0.3) is 0 Å². The van der Waals surface area contributed by atoms with Crippen molar-refractivity contribution < 1.29 is 32.5 Å². The van der Waals surface area contributed by atoms with E-state index in [0.717, 1.165) is 12.1 Å². The largest absolute Gasteiger partial charge is 0.622 e. The maximum absolute atomic E-state index is 14.4. The fraction of sp³-hybridized carbons (Fsp3) is 0.136. The van der Waals surface area contributed by atoms with Crippen LogP contribution in [0.2, 0.25) is 0 Å². The number of alkyl halides is 2. The van der Waals surface area contributed by atoms with Crippen LogP contribution in [0.5, 0.6) is 0 Å². The summed E-state index contributed by atoms with van der Waals surface area (Å²) in [5, 5.41) is 8.27. The summed E-state index contributed by atoms with van der Waals surface area (Å²) < 4.78 is 56.7. The minimum atomic E-state index is -4.20. The zero-order valence-electron chi connectivity index (χ0n) is 15.5. The van der Waals surface area contributed by atoms with Crippen molar-refractivity contribution in [2.45, 2.75) is 18.0 Å². The molecule has 3 rings (SSSR count). The number of carbonyl (C=O) groups excluding carboxylic acids is 1. The second kappa shape index (κ2) is 9.30. The normalized spacial score (nSPS) is 13.0. The molecule has 0 spiro atoms. The molecule has 154 valence electrons. The van der Waals surface area contributed by atoms with E-state index >= 15 is 0 Å². The number of carbonyl (C=O) groups is 1. The van der Waals surface area contributed by atoms with Crippen LogP contribution in [0.25, 0.3) is 0 Å². The van der Waals surface area contributed by atoms with Crippen LogP contribution in [0.4, 0.5) is 13.2 Å². The Bertz CT molecular complexity index is 1040. The van der Waals surface area contributed by atoms with E-state index in [1.54, 1.807) is 60.7 Å². The molecule has 0 aliphatic rings. The molecule has 3 aromatic rings. The molecule has 0 bridgehead atoms. The SMILES string of the molecule is O=C(c1ccccc1)C(Cc1ccc(C(F)(F)[P+](=O)OO)c(F)c1)c1ccccc1. The highest BCUT2D eigenvalue weighted by molar-refractivity contribution is 7.39. The van der Waals surface area contributed by atoms with Crippen molar-refractivity contribution in [2.24, 2.45) is 0 Å². The topological polar surface area (TPSA) is 63.6 Å². The first-order valence-corrected chi connectivity index (χ1v) is 10.1. The smallest absolute Gasteiger partial charge is 0.293 e. The number of benzene rings is 3. The van der Waals surface area contributed by atoms with Crippen LogP contribution in [0, 0.1) is 5.82 Å². The molecular formula is C22H17F3O4P+. The molecule has 0 fully saturated rings. The van der Waals surface area contributed by atoms with Crippen LogP contribution in [0.3, 0.4) is 0 Å². The summed E-state index contributed by atoms with van der Waals surface area (Å²) >= 11 is 0. The molecule has 30 heavy (non-hydrogen) atoms. The van der Waals surface area contributed by atoms with Gasteiger partial charge in [-0.05, 0) is 34.2 Å². The molecule has 0 radical (unpaired) electrons. The van der Waals surface area contributed by atoms with Crippen molar-refractivity contribution in [3.8, 4) is 0 Å². The van der Waals surface area contributed by atoms with E-state index in [9.17, 15) is 22.5 Å². The second-order valence-electron chi connectivity index (χ2n) is 6.59. The van der Waals surface area contributed by atoms with Gasteiger partial charge in [0.2, 0.25) is 0 Å². The van der Waals surface area contributed by atoms with Gasteiger partial charge in [-0.15, -0.1) is 8.78 Å². The van der Waals surface area contributed by atoms with Crippen LogP contribution in [-0.4, -0.2) is 11.0 Å². The van der Waals surface area contributed by atoms with Gasteiger partial charge in [0.15, 0.2) is 5.78 Å². The molecule has 2 atom stereocenters. The third kappa shape index (κ3) is 4.65. The number of Topliss-reactive ketones (excluding diaryl/α,β-unsaturated/α-hetero) is 1. The van der Waals surface area contributed by atoms with Crippen LogP contribution < -0.4 is 0 Å². The molecule has 8 heteroatoms. The van der Waals surface area contributed by atoms with E-state index in [0.29, 0.717) is 16.7 Å². The molecule has 0 amide bonds. The zero-order valence-corrected chi connectivity index (χ0v) is 16.4. The van der Waals surface area contributed by atoms with Gasteiger partial charge in [-0.1, -0.05) is 66.7 Å². The molecular weight excluding hydrogens is 416 g/mol. The lowest BCUT2D eigenvalue weighted by atomic mass is 9.85. The third-order valence-electron chi connectivity index (χ3n) is 4.68. The molecule has 2 unspecified atom stereocenters. The minimum Gasteiger partial charge on any atom is -0.293 e. The molecule has 4 nitrogen and oxygen atoms in total. The summed E-state index contributed by atoms with van der Waals surface area (Å²) in [6.45, 7) is 0. The number of halogens is 3. The fourth-order valence-corrected chi connectivity index (χ4v) is 3.65. The van der Waals surface area contributed by atoms with E-state index in [-0.39, 0.29) is 12.2 Å². The third-order valence-corrected chi connectivity index (χ3v) is 5.53. The maximum Gasteiger partial charge on any atom is 0.622 e. The zero-order chi connectivity index (χ0) is 21.7. The lowest BCUT2D eigenvalue weighted by molar-refractivity contribution is -0.142. The molecule has 0 saturated heterocycles. The summed E-state index contributed by atoms with van der Waals surface area (Å²) in [7, 11) is -3.84. The summed E-state index contributed by atoms with van der Waals surface area (Å²) in [5.74, 6) is -2.15. The summed E-state index contributed by atoms with van der Waals surface area (Å²) in [4.78, 5) is 13.1. The first-order chi connectivity index (χ1) is 14.3. The lowest BCUT2D eigenvalue weighted by Gasteiger charge is -2.17. The average Bonchev–Trinajstić information content (AvgIpc) is 2.77. The minimum absolute atomic E-state index is 0.0726. The Kier molecular flexibility index (Phi) is 6.77. The quantitative estimate of drug-likeness (QED) is 0.196. The maximum atomic E-state index is 14.4. The van der Waals surface area contributed by atoms with Crippen LogP contribution in [-0.2, 0) is 21.3 Å². The summed E-state index contributed by atoms with van der Waals surface area (Å²) in [5.41, 5.74) is -3.87. The molecule has 0 aromatic heterocycles. The van der Waals surface area contributed by atoms with Gasteiger partial charge in [-0.3, -0.25) is 4.79 Å². The molecule has 3 aromatic carbocycles. The van der Waals surface area contributed by atoms with Gasteiger partial charge >= 0.3 is 13.7 Å². The Balaban J connectivity index is 1.95. The Hall–Kier alpha value is -2.86. The number of rotatable bonds is 8. The molecule has 0 heterocycles. The van der Waals surface area contributed by atoms with Crippen LogP contribution >= 0.6 is 8.03 Å². The van der Waals surface area contributed by atoms with Crippen molar-refractivity contribution in [1.82, 2.24) is 0 Å². The predicted octanol–water partition coefficient (Wildman–Crippen LogP) is 6.32. The van der Waals surface area contributed by atoms with Crippen molar-refractivity contribution >= 4 is 13.8 Å². The van der Waals surface area contributed by atoms with Crippen LogP contribution in [0.1, 0.15) is 33.0 Å². The Morgan fingerprint density at radius 1 is 1.00 bits per heavy atom. The average molecular weight is 433 g/mol. The van der Waals surface area contributed by atoms with E-state index in [1.807, 2.05) is 0 Å². The highest BCUT2D eigenvalue weighted by atomic mass is 31.1. The van der Waals surface area contributed by atoms with E-state index in [1.165, 1.54) is 6.07 Å². The Labute approximate surface area is 171 Å². The standard InChI is InChI=1S/C22H16F3O4P/c23-20-14-15(11-12-19(20)22(24,25)30(28)29-27)13-18(16-7-3-1-4-8-16)21(26)17-9-5-2-6-10-17/h1-12,14,18H,13H2/p+1. The van der Waals surface area contributed by atoms with E-state index < -0.39 is 31.0 Å². The van der Waals surface area contributed by atoms with Crippen LogP contribution in [0.15, 0.2) is 78.9 Å². The highest BCUT2D eigenvalue weighted by Crippen LogP contribution is 2.51. The van der Waals surface area contributed by atoms with Gasteiger partial charge in [-0.25, -0.2) is 9.65 Å². The van der Waals surface area contributed by atoms with Gasteiger partial charge < -0.3 is 0 Å². The number of ketones is 1. The molecule has 0 saturated carbocycles. The first kappa shape index (κ1) is 21.8. The highest BCUT2D eigenvalue weighted by Gasteiger charge is 2.58. The lowest BCUT2D eigenvalue weighted by Crippen LogP contribution is -2.16. The summed E-state index contributed by atoms with van der Waals surface area (Å²) in [6.07, 6.45) is 0.0726. The first-order valence-electron chi connectivity index (χ1n) is 8.94. The molecule has 0 aliphatic heterocycles. The molecule has 0 aliphatic carbocycles. The van der Waals surface area contributed by atoms with Gasteiger partial charge in [0.1, 0.15) is 11.4 Å². The van der Waals surface area contributed by atoms with E-state index in [4.69, 9.17) is 5.26 Å². The van der Waals surface area contributed by atoms with Crippen molar-refractivity contribution in [3.63, 3.8) is 0 Å². The van der Waals surface area contributed by atoms with Gasteiger partial charge in [0, 0.05) is 10.2 Å². The monoisotopic (exact) mass is 433 g/mol. The van der Waals surface area contributed by atoms with Crippen molar-refractivity contribution in [3.05, 3.63) is 107 Å². The fourth-order valence-electron chi connectivity index (χ4n) is 3.17.